The van der Waals surface area contributed by atoms with Gasteiger partial charge < -0.3 is 23.5 Å². The van der Waals surface area contributed by atoms with Crippen molar-refractivity contribution in [2.24, 2.45) is 12.0 Å². The van der Waals surface area contributed by atoms with Gasteiger partial charge in [0.25, 0.3) is 0 Å². The average Bonchev–Trinajstić information content (AvgIpc) is 3.27. The van der Waals surface area contributed by atoms with Crippen molar-refractivity contribution in [2.45, 2.75) is 0 Å². The SMILES string of the molecule is COc1cc(C2=NC(=Cc3cn(C)c4ccccc34)C(=O)O2)cc(OC)c1OC. The highest BCUT2D eigenvalue weighted by atomic mass is 16.6. The van der Waals surface area contributed by atoms with E-state index in [9.17, 15) is 4.79 Å². The number of esters is 1. The van der Waals surface area contributed by atoms with E-state index in [0.29, 0.717) is 22.8 Å². The Kier molecular flexibility index (Phi) is 4.72. The maximum Gasteiger partial charge on any atom is 0.363 e. The van der Waals surface area contributed by atoms with E-state index in [-0.39, 0.29) is 11.6 Å². The van der Waals surface area contributed by atoms with Crippen LogP contribution in [0.1, 0.15) is 11.1 Å². The van der Waals surface area contributed by atoms with E-state index in [4.69, 9.17) is 18.9 Å². The molecule has 0 spiro atoms. The summed E-state index contributed by atoms with van der Waals surface area (Å²) in [6.45, 7) is 0. The third kappa shape index (κ3) is 3.20. The summed E-state index contributed by atoms with van der Waals surface area (Å²) in [5.74, 6) is 1.02. The van der Waals surface area contributed by atoms with Crippen molar-refractivity contribution in [3.8, 4) is 17.2 Å². The predicted octanol–water partition coefficient (Wildman–Crippen LogP) is 3.55. The zero-order valence-electron chi connectivity index (χ0n) is 16.6. The van der Waals surface area contributed by atoms with E-state index < -0.39 is 5.97 Å². The zero-order valence-corrected chi connectivity index (χ0v) is 16.6. The van der Waals surface area contributed by atoms with Gasteiger partial charge in [0.1, 0.15) is 0 Å². The number of carbonyl (C=O) groups is 1. The van der Waals surface area contributed by atoms with Gasteiger partial charge in [0.05, 0.1) is 21.3 Å². The first kappa shape index (κ1) is 18.6. The summed E-state index contributed by atoms with van der Waals surface area (Å²) in [6, 6.07) is 11.3. The normalized spacial score (nSPS) is 14.8. The number of hydrogen-bond donors (Lipinski definition) is 0. The molecule has 4 rings (SSSR count). The van der Waals surface area contributed by atoms with Crippen LogP contribution in [0.5, 0.6) is 17.2 Å². The van der Waals surface area contributed by atoms with Crippen LogP contribution in [0.25, 0.3) is 17.0 Å². The maximum atomic E-state index is 12.4. The summed E-state index contributed by atoms with van der Waals surface area (Å²) in [5, 5.41) is 1.03. The predicted molar refractivity (Wildman–Crippen MR) is 110 cm³/mol. The monoisotopic (exact) mass is 392 g/mol. The molecule has 2 heterocycles. The first-order chi connectivity index (χ1) is 14.0. The standard InChI is InChI=1S/C22H20N2O5/c1-24-12-14(15-7-5-6-8-17(15)24)9-16-22(25)29-21(23-16)13-10-18(26-2)20(28-4)19(11-13)27-3/h5-12H,1-4H3. The summed E-state index contributed by atoms with van der Waals surface area (Å²) >= 11 is 0. The largest absolute Gasteiger partial charge is 0.493 e. The van der Waals surface area contributed by atoms with Gasteiger partial charge >= 0.3 is 5.97 Å². The molecule has 29 heavy (non-hydrogen) atoms. The topological polar surface area (TPSA) is 71.3 Å². The number of ether oxygens (including phenoxy) is 4. The Bertz CT molecular complexity index is 1150. The highest BCUT2D eigenvalue weighted by molar-refractivity contribution is 6.13. The van der Waals surface area contributed by atoms with Gasteiger partial charge in [0.15, 0.2) is 17.2 Å². The molecule has 0 saturated heterocycles. The molecule has 0 fully saturated rings. The molecule has 0 aliphatic carbocycles. The minimum atomic E-state index is -0.512. The lowest BCUT2D eigenvalue weighted by Crippen LogP contribution is -2.06. The van der Waals surface area contributed by atoms with Gasteiger partial charge in [-0.1, -0.05) is 18.2 Å². The van der Waals surface area contributed by atoms with E-state index in [1.165, 1.54) is 21.3 Å². The lowest BCUT2D eigenvalue weighted by molar-refractivity contribution is -0.129. The molecule has 1 aromatic heterocycles. The molecular formula is C22H20N2O5. The molecule has 7 heteroatoms. The third-order valence-electron chi connectivity index (χ3n) is 4.75. The maximum absolute atomic E-state index is 12.4. The lowest BCUT2D eigenvalue weighted by atomic mass is 10.1. The number of rotatable bonds is 5. The number of cyclic esters (lactones) is 1. The van der Waals surface area contributed by atoms with Crippen LogP contribution in [0.2, 0.25) is 0 Å². The number of aliphatic imine (C=N–C) groups is 1. The molecule has 0 bridgehead atoms. The highest BCUT2D eigenvalue weighted by Crippen LogP contribution is 2.39. The smallest absolute Gasteiger partial charge is 0.363 e. The number of aryl methyl sites for hydroxylation is 1. The number of hydrogen-bond acceptors (Lipinski definition) is 6. The number of aromatic nitrogens is 1. The van der Waals surface area contributed by atoms with Crippen molar-refractivity contribution < 1.29 is 23.7 Å². The van der Waals surface area contributed by atoms with Crippen molar-refractivity contribution in [3.63, 3.8) is 0 Å². The van der Waals surface area contributed by atoms with Gasteiger partial charge in [-0.25, -0.2) is 9.79 Å². The summed E-state index contributed by atoms with van der Waals surface area (Å²) in [7, 11) is 6.53. The molecule has 148 valence electrons. The first-order valence-electron chi connectivity index (χ1n) is 8.92. The molecule has 1 aliphatic heterocycles. The van der Waals surface area contributed by atoms with Crippen LogP contribution in [0.4, 0.5) is 0 Å². The van der Waals surface area contributed by atoms with Gasteiger partial charge in [0, 0.05) is 35.3 Å². The highest BCUT2D eigenvalue weighted by Gasteiger charge is 2.27. The zero-order chi connectivity index (χ0) is 20.5. The van der Waals surface area contributed by atoms with Crippen LogP contribution in [-0.2, 0) is 16.6 Å². The molecule has 0 N–H and O–H groups in total. The second-order valence-corrected chi connectivity index (χ2v) is 6.46. The molecule has 0 amide bonds. The molecule has 0 radical (unpaired) electrons. The van der Waals surface area contributed by atoms with E-state index >= 15 is 0 Å². The second kappa shape index (κ2) is 7.35. The van der Waals surface area contributed by atoms with Crippen LogP contribution in [0.15, 0.2) is 53.3 Å². The Morgan fingerprint density at radius 3 is 2.38 bits per heavy atom. The molecular weight excluding hydrogens is 372 g/mol. The average molecular weight is 392 g/mol. The molecule has 3 aromatic rings. The van der Waals surface area contributed by atoms with E-state index in [0.717, 1.165) is 16.5 Å². The van der Waals surface area contributed by atoms with Crippen molar-refractivity contribution in [1.29, 1.82) is 0 Å². The van der Waals surface area contributed by atoms with Gasteiger partial charge in [-0.05, 0) is 24.3 Å². The number of para-hydroxylation sites is 1. The Balaban J connectivity index is 1.77. The summed E-state index contributed by atoms with van der Waals surface area (Å²) in [5.41, 5.74) is 2.74. The number of methoxy groups -OCH3 is 3. The fourth-order valence-electron chi connectivity index (χ4n) is 3.37. The summed E-state index contributed by atoms with van der Waals surface area (Å²) in [6.07, 6.45) is 3.69. The van der Waals surface area contributed by atoms with Gasteiger partial charge in [-0.3, -0.25) is 0 Å². The number of benzene rings is 2. The Morgan fingerprint density at radius 1 is 1.03 bits per heavy atom. The van der Waals surface area contributed by atoms with Crippen molar-refractivity contribution in [1.82, 2.24) is 4.57 Å². The molecule has 2 aromatic carbocycles. The fraction of sp³-hybridized carbons (Fsp3) is 0.182. The number of nitrogens with zero attached hydrogens (tertiary/aromatic N) is 2. The van der Waals surface area contributed by atoms with Crippen LogP contribution in [-0.4, -0.2) is 37.8 Å². The van der Waals surface area contributed by atoms with E-state index in [1.54, 1.807) is 18.2 Å². The Hall–Kier alpha value is -3.74. The number of carbonyl (C=O) groups excluding carboxylic acids is 1. The minimum absolute atomic E-state index is 0.181. The van der Waals surface area contributed by atoms with Gasteiger partial charge in [-0.15, -0.1) is 0 Å². The fourth-order valence-corrected chi connectivity index (χ4v) is 3.37. The summed E-state index contributed by atoms with van der Waals surface area (Å²) in [4.78, 5) is 16.8. The quantitative estimate of drug-likeness (QED) is 0.491. The second-order valence-electron chi connectivity index (χ2n) is 6.46. The van der Waals surface area contributed by atoms with Crippen molar-refractivity contribution >= 4 is 28.8 Å². The third-order valence-corrected chi connectivity index (χ3v) is 4.75. The molecule has 1 aliphatic rings. The molecule has 0 atom stereocenters. The van der Waals surface area contributed by atoms with Crippen molar-refractivity contribution in [3.05, 3.63) is 59.4 Å². The molecule has 0 saturated carbocycles. The van der Waals surface area contributed by atoms with Crippen LogP contribution in [0.3, 0.4) is 0 Å². The lowest BCUT2D eigenvalue weighted by Gasteiger charge is -2.13. The molecule has 0 unspecified atom stereocenters. The van der Waals surface area contributed by atoms with Gasteiger partial charge in [0.2, 0.25) is 11.6 Å². The van der Waals surface area contributed by atoms with Gasteiger partial charge in [-0.2, -0.15) is 0 Å². The number of fused-ring (bicyclic) bond motifs is 1. The summed E-state index contributed by atoms with van der Waals surface area (Å²) < 4.78 is 23.5. The Morgan fingerprint density at radius 2 is 1.72 bits per heavy atom. The molecule has 7 nitrogen and oxygen atoms in total. The first-order valence-corrected chi connectivity index (χ1v) is 8.92. The van der Waals surface area contributed by atoms with Crippen LogP contribution in [0, 0.1) is 0 Å². The van der Waals surface area contributed by atoms with Crippen molar-refractivity contribution in [2.75, 3.05) is 21.3 Å². The van der Waals surface area contributed by atoms with E-state index in [1.807, 2.05) is 42.1 Å². The van der Waals surface area contributed by atoms with E-state index in [2.05, 4.69) is 4.99 Å². The Labute approximate surface area is 167 Å². The minimum Gasteiger partial charge on any atom is -0.493 e. The van der Waals surface area contributed by atoms with Crippen LogP contribution >= 0.6 is 0 Å². The van der Waals surface area contributed by atoms with Crippen LogP contribution < -0.4 is 14.2 Å².